The Morgan fingerprint density at radius 1 is 1.14 bits per heavy atom. The molecule has 1 aliphatic rings. The largest absolute Gasteiger partial charge is 0.435 e. The molecule has 4 heterocycles. The first-order valence-corrected chi connectivity index (χ1v) is 11.4. The number of nitrogens with one attached hydrogen (secondary N) is 4. The average Bonchev–Trinajstić information content (AvgIpc) is 3.30. The monoisotopic (exact) mass is 494 g/mol. The SMILES string of the molecule is CNC(=O)c1c(Nc2ccc(N3CCNCC3)cn2)ncnc1Oc1cc(F)c2[nH]c(C)cc2c1F. The number of carbonyl (C=O) groups excluding carboxylic acids is 1. The number of halogens is 2. The van der Waals surface area contributed by atoms with Crippen molar-refractivity contribution >= 4 is 34.1 Å². The summed E-state index contributed by atoms with van der Waals surface area (Å²) in [6, 6.07) is 6.08. The summed E-state index contributed by atoms with van der Waals surface area (Å²) in [4.78, 5) is 30.3. The molecule has 0 bridgehead atoms. The Bertz CT molecular complexity index is 1420. The van der Waals surface area contributed by atoms with Crippen molar-refractivity contribution in [3.63, 3.8) is 0 Å². The first kappa shape index (κ1) is 23.4. The Kier molecular flexibility index (Phi) is 6.34. The highest BCUT2D eigenvalue weighted by molar-refractivity contribution is 6.01. The molecule has 12 heteroatoms. The minimum Gasteiger partial charge on any atom is -0.435 e. The lowest BCUT2D eigenvalue weighted by atomic mass is 10.2. The van der Waals surface area contributed by atoms with Crippen LogP contribution < -0.4 is 25.6 Å². The van der Waals surface area contributed by atoms with Crippen LogP contribution in [0.4, 0.5) is 26.1 Å². The Hall–Kier alpha value is -4.32. The highest BCUT2D eigenvalue weighted by Gasteiger charge is 2.24. The third-order valence-electron chi connectivity index (χ3n) is 5.85. The maximum absolute atomic E-state index is 15.1. The predicted molar refractivity (Wildman–Crippen MR) is 131 cm³/mol. The van der Waals surface area contributed by atoms with Gasteiger partial charge in [-0.2, -0.15) is 0 Å². The molecule has 1 aliphatic heterocycles. The van der Waals surface area contributed by atoms with E-state index in [9.17, 15) is 9.18 Å². The van der Waals surface area contributed by atoms with Gasteiger partial charge >= 0.3 is 0 Å². The molecule has 10 nitrogen and oxygen atoms in total. The number of benzene rings is 1. The van der Waals surface area contributed by atoms with E-state index in [2.05, 4.69) is 40.8 Å². The van der Waals surface area contributed by atoms with Gasteiger partial charge in [0.05, 0.1) is 17.4 Å². The minimum atomic E-state index is -0.781. The lowest BCUT2D eigenvalue weighted by molar-refractivity contribution is 0.0960. The summed E-state index contributed by atoms with van der Waals surface area (Å²) in [5.74, 6) is -2.17. The maximum Gasteiger partial charge on any atom is 0.260 e. The second-order valence-electron chi connectivity index (χ2n) is 8.26. The number of hydrogen-bond acceptors (Lipinski definition) is 8. The highest BCUT2D eigenvalue weighted by atomic mass is 19.1. The lowest BCUT2D eigenvalue weighted by Crippen LogP contribution is -2.43. The fourth-order valence-electron chi connectivity index (χ4n) is 4.08. The fourth-order valence-corrected chi connectivity index (χ4v) is 4.08. The Morgan fingerprint density at radius 3 is 2.67 bits per heavy atom. The molecule has 1 saturated heterocycles. The Labute approximate surface area is 205 Å². The molecule has 5 rings (SSSR count). The molecule has 4 N–H and O–H groups in total. The van der Waals surface area contributed by atoms with Crippen LogP contribution in [0.5, 0.6) is 11.6 Å². The van der Waals surface area contributed by atoms with Crippen molar-refractivity contribution in [2.75, 3.05) is 43.4 Å². The normalized spacial score (nSPS) is 13.6. The van der Waals surface area contributed by atoms with Gasteiger partial charge in [0.1, 0.15) is 17.7 Å². The van der Waals surface area contributed by atoms with Crippen molar-refractivity contribution in [1.82, 2.24) is 30.6 Å². The van der Waals surface area contributed by atoms with Gasteiger partial charge < -0.3 is 30.6 Å². The molecule has 0 saturated carbocycles. The number of hydrogen-bond donors (Lipinski definition) is 4. The van der Waals surface area contributed by atoms with E-state index < -0.39 is 23.3 Å². The summed E-state index contributed by atoms with van der Waals surface area (Å²) in [6.07, 6.45) is 2.89. The number of fused-ring (bicyclic) bond motifs is 1. The number of rotatable bonds is 6. The van der Waals surface area contributed by atoms with E-state index in [1.807, 2.05) is 6.07 Å². The number of pyridine rings is 1. The third kappa shape index (κ3) is 4.50. The molecule has 3 aromatic heterocycles. The van der Waals surface area contributed by atoms with Crippen LogP contribution in [-0.2, 0) is 0 Å². The van der Waals surface area contributed by atoms with Gasteiger partial charge in [0, 0.05) is 50.4 Å². The zero-order valence-corrected chi connectivity index (χ0v) is 19.7. The van der Waals surface area contributed by atoms with E-state index in [1.165, 1.54) is 13.1 Å². The molecular formula is C24H24F2N8O2. The van der Waals surface area contributed by atoms with Crippen LogP contribution in [0, 0.1) is 18.6 Å². The van der Waals surface area contributed by atoms with Crippen LogP contribution in [0.1, 0.15) is 16.1 Å². The maximum atomic E-state index is 15.1. The van der Waals surface area contributed by atoms with E-state index >= 15 is 4.39 Å². The molecule has 0 aliphatic carbocycles. The zero-order valence-electron chi connectivity index (χ0n) is 19.7. The molecule has 1 amide bonds. The topological polar surface area (TPSA) is 120 Å². The molecule has 4 aromatic rings. The summed E-state index contributed by atoms with van der Waals surface area (Å²) in [5.41, 5.74) is 1.52. The van der Waals surface area contributed by atoms with E-state index in [0.717, 1.165) is 44.3 Å². The van der Waals surface area contributed by atoms with Crippen LogP contribution in [0.15, 0.2) is 36.8 Å². The summed E-state index contributed by atoms with van der Waals surface area (Å²) < 4.78 is 35.3. The van der Waals surface area contributed by atoms with Gasteiger partial charge in [-0.1, -0.05) is 0 Å². The van der Waals surface area contributed by atoms with Crippen molar-refractivity contribution in [3.8, 4) is 11.6 Å². The van der Waals surface area contributed by atoms with Crippen LogP contribution in [0.25, 0.3) is 10.9 Å². The first-order chi connectivity index (χ1) is 17.4. The van der Waals surface area contributed by atoms with Crippen molar-refractivity contribution in [1.29, 1.82) is 0 Å². The van der Waals surface area contributed by atoms with E-state index in [-0.39, 0.29) is 28.2 Å². The lowest BCUT2D eigenvalue weighted by Gasteiger charge is -2.29. The number of nitrogens with zero attached hydrogens (tertiary/aromatic N) is 4. The van der Waals surface area contributed by atoms with Crippen LogP contribution in [0.3, 0.4) is 0 Å². The van der Waals surface area contributed by atoms with Gasteiger partial charge in [0.2, 0.25) is 5.88 Å². The summed E-state index contributed by atoms with van der Waals surface area (Å²) >= 11 is 0. The van der Waals surface area contributed by atoms with Gasteiger partial charge in [-0.15, -0.1) is 0 Å². The second-order valence-corrected chi connectivity index (χ2v) is 8.26. The number of aromatic nitrogens is 4. The number of carbonyl (C=O) groups is 1. The van der Waals surface area contributed by atoms with Crippen LogP contribution in [-0.4, -0.2) is 59.1 Å². The summed E-state index contributed by atoms with van der Waals surface area (Å²) in [5, 5.41) is 8.83. The molecule has 1 aromatic carbocycles. The van der Waals surface area contributed by atoms with Crippen molar-refractivity contribution in [2.24, 2.45) is 0 Å². The minimum absolute atomic E-state index is 0.0317. The highest BCUT2D eigenvalue weighted by Crippen LogP contribution is 2.34. The summed E-state index contributed by atoms with van der Waals surface area (Å²) in [7, 11) is 1.43. The molecular weight excluding hydrogens is 470 g/mol. The fraction of sp³-hybridized carbons (Fsp3) is 0.250. The van der Waals surface area contributed by atoms with E-state index in [1.54, 1.807) is 19.2 Å². The number of amides is 1. The number of H-pyrrole nitrogens is 1. The molecule has 0 unspecified atom stereocenters. The molecule has 36 heavy (non-hydrogen) atoms. The van der Waals surface area contributed by atoms with Crippen LogP contribution >= 0.6 is 0 Å². The van der Waals surface area contributed by atoms with Gasteiger partial charge in [-0.05, 0) is 25.1 Å². The van der Waals surface area contributed by atoms with E-state index in [0.29, 0.717) is 11.5 Å². The number of aryl methyl sites for hydroxylation is 1. The second kappa shape index (κ2) is 9.74. The van der Waals surface area contributed by atoms with Gasteiger partial charge in [-0.25, -0.2) is 23.7 Å². The Balaban J connectivity index is 1.46. The zero-order chi connectivity index (χ0) is 25.2. The molecule has 0 atom stereocenters. The Morgan fingerprint density at radius 2 is 1.94 bits per heavy atom. The van der Waals surface area contributed by atoms with E-state index in [4.69, 9.17) is 4.74 Å². The quantitative estimate of drug-likeness (QED) is 0.323. The molecule has 0 radical (unpaired) electrons. The van der Waals surface area contributed by atoms with Crippen LogP contribution in [0.2, 0.25) is 0 Å². The number of anilines is 3. The standard InChI is InChI=1S/C24H24F2N8O2/c1-13-9-15-20(26)17(10-16(25)21(15)32-13)36-24-19(23(35)27-2)22(30-12-31-24)33-18-4-3-14(11-29-18)34-7-5-28-6-8-34/h3-4,9-12,28,32H,5-8H2,1-2H3,(H,27,35)(H,29,30,31,33). The molecule has 1 fully saturated rings. The first-order valence-electron chi connectivity index (χ1n) is 11.4. The van der Waals surface area contributed by atoms with Gasteiger partial charge in [0.25, 0.3) is 5.91 Å². The van der Waals surface area contributed by atoms with Crippen molar-refractivity contribution in [3.05, 3.63) is 59.7 Å². The van der Waals surface area contributed by atoms with Crippen molar-refractivity contribution < 1.29 is 18.3 Å². The average molecular weight is 495 g/mol. The number of aromatic amines is 1. The van der Waals surface area contributed by atoms with Gasteiger partial charge in [0.15, 0.2) is 23.2 Å². The molecule has 186 valence electrons. The van der Waals surface area contributed by atoms with Gasteiger partial charge in [-0.3, -0.25) is 4.79 Å². The molecule has 0 spiro atoms. The smallest absolute Gasteiger partial charge is 0.260 e. The number of ether oxygens (including phenoxy) is 1. The summed E-state index contributed by atoms with van der Waals surface area (Å²) in [6.45, 7) is 5.26. The van der Waals surface area contributed by atoms with Crippen molar-refractivity contribution in [2.45, 2.75) is 6.92 Å². The third-order valence-corrected chi connectivity index (χ3v) is 5.85. The number of piperazine rings is 1. The predicted octanol–water partition coefficient (Wildman–Crippen LogP) is 3.24.